The summed E-state index contributed by atoms with van der Waals surface area (Å²) in [7, 11) is 0. The molecule has 0 aromatic carbocycles. The molecule has 1 aromatic rings. The van der Waals surface area contributed by atoms with E-state index < -0.39 is 0 Å². The fraction of sp³-hybridized carbons (Fsp3) is 0.857. The molecule has 1 atom stereocenters. The first-order valence-corrected chi connectivity index (χ1v) is 7.45. The third-order valence-electron chi connectivity index (χ3n) is 3.65. The third kappa shape index (κ3) is 4.58. The maximum atomic E-state index is 5.97. The summed E-state index contributed by atoms with van der Waals surface area (Å²) in [5, 5.41) is 3.97. The van der Waals surface area contributed by atoms with Crippen molar-refractivity contribution in [2.75, 3.05) is 13.2 Å². The molecule has 1 aliphatic rings. The van der Waals surface area contributed by atoms with Gasteiger partial charge in [-0.1, -0.05) is 31.3 Å². The van der Waals surface area contributed by atoms with Gasteiger partial charge in [-0.25, -0.2) is 0 Å². The van der Waals surface area contributed by atoms with Crippen LogP contribution in [0, 0.1) is 5.92 Å². The van der Waals surface area contributed by atoms with Crippen molar-refractivity contribution in [1.29, 1.82) is 0 Å². The van der Waals surface area contributed by atoms with Crippen LogP contribution in [0.2, 0.25) is 0 Å². The van der Waals surface area contributed by atoms with Gasteiger partial charge in [0.2, 0.25) is 5.89 Å². The van der Waals surface area contributed by atoms with Crippen molar-refractivity contribution >= 4 is 0 Å². The van der Waals surface area contributed by atoms with Crippen LogP contribution in [0.25, 0.3) is 0 Å². The van der Waals surface area contributed by atoms with Gasteiger partial charge in [-0.05, 0) is 25.2 Å². The second-order valence-corrected chi connectivity index (χ2v) is 5.44. The second kappa shape index (κ2) is 7.60. The number of hydrogen-bond donors (Lipinski definition) is 1. The van der Waals surface area contributed by atoms with Crippen LogP contribution < -0.4 is 5.73 Å². The molecule has 0 bridgehead atoms. The average Bonchev–Trinajstić information content (AvgIpc) is 2.89. The smallest absolute Gasteiger partial charge is 0.226 e. The van der Waals surface area contributed by atoms with E-state index in [0.717, 1.165) is 25.3 Å². The summed E-state index contributed by atoms with van der Waals surface area (Å²) in [6.07, 6.45) is 8.48. The standard InChI is InChI=1S/C14H25N3O2/c1-2-8-18-10-12(15)14-16-13(19-17-14)9-11-6-4-3-5-7-11/h11-12H,2-10,15H2,1H3. The van der Waals surface area contributed by atoms with E-state index in [2.05, 4.69) is 17.1 Å². The van der Waals surface area contributed by atoms with Crippen molar-refractivity contribution in [3.05, 3.63) is 11.7 Å². The summed E-state index contributed by atoms with van der Waals surface area (Å²) in [4.78, 5) is 4.40. The quantitative estimate of drug-likeness (QED) is 0.769. The molecular weight excluding hydrogens is 242 g/mol. The van der Waals surface area contributed by atoms with Crippen LogP contribution in [0.1, 0.15) is 63.2 Å². The van der Waals surface area contributed by atoms with Gasteiger partial charge in [0.15, 0.2) is 5.82 Å². The summed E-state index contributed by atoms with van der Waals surface area (Å²) >= 11 is 0. The molecule has 0 spiro atoms. The maximum Gasteiger partial charge on any atom is 0.226 e. The molecule has 5 nitrogen and oxygen atoms in total. The molecule has 1 aliphatic carbocycles. The Kier molecular flexibility index (Phi) is 5.79. The van der Waals surface area contributed by atoms with Crippen molar-refractivity contribution in [1.82, 2.24) is 10.1 Å². The molecule has 1 saturated carbocycles. The van der Waals surface area contributed by atoms with E-state index in [1.165, 1.54) is 32.1 Å². The van der Waals surface area contributed by atoms with Crippen LogP contribution in [-0.4, -0.2) is 23.4 Å². The Morgan fingerprint density at radius 2 is 2.16 bits per heavy atom. The monoisotopic (exact) mass is 267 g/mol. The highest BCUT2D eigenvalue weighted by Gasteiger charge is 2.19. The molecule has 0 aliphatic heterocycles. The number of nitrogens with two attached hydrogens (primary N) is 1. The zero-order valence-electron chi connectivity index (χ0n) is 11.8. The minimum absolute atomic E-state index is 0.282. The Morgan fingerprint density at radius 3 is 2.89 bits per heavy atom. The van der Waals surface area contributed by atoms with Gasteiger partial charge in [0.05, 0.1) is 12.6 Å². The first-order valence-electron chi connectivity index (χ1n) is 7.45. The molecule has 0 amide bonds. The largest absolute Gasteiger partial charge is 0.379 e. The topological polar surface area (TPSA) is 74.2 Å². The van der Waals surface area contributed by atoms with Gasteiger partial charge in [0, 0.05) is 13.0 Å². The van der Waals surface area contributed by atoms with Gasteiger partial charge in [0.1, 0.15) is 0 Å². The molecule has 1 heterocycles. The maximum absolute atomic E-state index is 5.97. The fourth-order valence-electron chi connectivity index (χ4n) is 2.57. The van der Waals surface area contributed by atoms with Gasteiger partial charge >= 0.3 is 0 Å². The van der Waals surface area contributed by atoms with E-state index in [0.29, 0.717) is 18.3 Å². The molecule has 2 N–H and O–H groups in total. The van der Waals surface area contributed by atoms with Crippen LogP contribution in [0.4, 0.5) is 0 Å². The molecule has 1 fully saturated rings. The average molecular weight is 267 g/mol. The van der Waals surface area contributed by atoms with Crippen molar-refractivity contribution in [2.24, 2.45) is 11.7 Å². The van der Waals surface area contributed by atoms with E-state index in [1.807, 2.05) is 0 Å². The van der Waals surface area contributed by atoms with E-state index in [9.17, 15) is 0 Å². The highest BCUT2D eigenvalue weighted by Crippen LogP contribution is 2.26. The number of aromatic nitrogens is 2. The highest BCUT2D eigenvalue weighted by atomic mass is 16.5. The zero-order chi connectivity index (χ0) is 13.5. The Labute approximate surface area is 114 Å². The minimum atomic E-state index is -0.282. The lowest BCUT2D eigenvalue weighted by Crippen LogP contribution is -2.19. The Bertz CT molecular complexity index is 361. The van der Waals surface area contributed by atoms with E-state index in [1.54, 1.807) is 0 Å². The summed E-state index contributed by atoms with van der Waals surface area (Å²) < 4.78 is 10.7. The van der Waals surface area contributed by atoms with Crippen LogP contribution in [0.15, 0.2) is 4.52 Å². The SMILES string of the molecule is CCCOCC(N)c1noc(CC2CCCCC2)n1. The number of ether oxygens (including phenoxy) is 1. The van der Waals surface area contributed by atoms with Gasteiger partial charge < -0.3 is 15.0 Å². The number of rotatable bonds is 7. The lowest BCUT2D eigenvalue weighted by molar-refractivity contribution is 0.119. The lowest BCUT2D eigenvalue weighted by Gasteiger charge is -2.19. The van der Waals surface area contributed by atoms with E-state index in [-0.39, 0.29) is 6.04 Å². The number of nitrogens with zero attached hydrogens (tertiary/aromatic N) is 2. The van der Waals surface area contributed by atoms with Gasteiger partial charge in [-0.15, -0.1) is 0 Å². The summed E-state index contributed by atoms with van der Waals surface area (Å²) in [5.74, 6) is 2.00. The third-order valence-corrected chi connectivity index (χ3v) is 3.65. The van der Waals surface area contributed by atoms with Gasteiger partial charge in [0.25, 0.3) is 0 Å². The van der Waals surface area contributed by atoms with Crippen molar-refractivity contribution in [3.8, 4) is 0 Å². The zero-order valence-corrected chi connectivity index (χ0v) is 11.8. The Hall–Kier alpha value is -0.940. The molecule has 19 heavy (non-hydrogen) atoms. The van der Waals surface area contributed by atoms with Crippen LogP contribution in [-0.2, 0) is 11.2 Å². The number of hydrogen-bond acceptors (Lipinski definition) is 5. The molecule has 5 heteroatoms. The molecule has 1 unspecified atom stereocenters. The first-order chi connectivity index (χ1) is 9.29. The Morgan fingerprint density at radius 1 is 1.37 bits per heavy atom. The normalized spacial score (nSPS) is 18.6. The van der Waals surface area contributed by atoms with Crippen molar-refractivity contribution in [3.63, 3.8) is 0 Å². The predicted octanol–water partition coefficient (Wildman–Crippen LogP) is 2.62. The predicted molar refractivity (Wildman–Crippen MR) is 72.6 cm³/mol. The molecule has 0 saturated heterocycles. The molecule has 108 valence electrons. The Balaban J connectivity index is 1.80. The van der Waals surface area contributed by atoms with Crippen LogP contribution in [0.5, 0.6) is 0 Å². The van der Waals surface area contributed by atoms with Gasteiger partial charge in [-0.3, -0.25) is 0 Å². The second-order valence-electron chi connectivity index (χ2n) is 5.44. The summed E-state index contributed by atoms with van der Waals surface area (Å²) in [6.45, 7) is 3.25. The van der Waals surface area contributed by atoms with Crippen LogP contribution in [0.3, 0.4) is 0 Å². The summed E-state index contributed by atoms with van der Waals surface area (Å²) in [5.41, 5.74) is 5.97. The summed E-state index contributed by atoms with van der Waals surface area (Å²) in [6, 6.07) is -0.282. The van der Waals surface area contributed by atoms with E-state index in [4.69, 9.17) is 15.0 Å². The van der Waals surface area contributed by atoms with Crippen molar-refractivity contribution in [2.45, 2.75) is 57.9 Å². The lowest BCUT2D eigenvalue weighted by atomic mass is 9.87. The fourth-order valence-corrected chi connectivity index (χ4v) is 2.57. The van der Waals surface area contributed by atoms with Crippen molar-refractivity contribution < 1.29 is 9.26 Å². The first kappa shape index (κ1) is 14.5. The highest BCUT2D eigenvalue weighted by molar-refractivity contribution is 4.94. The minimum Gasteiger partial charge on any atom is -0.379 e. The molecule has 2 rings (SSSR count). The molecule has 0 radical (unpaired) electrons. The van der Waals surface area contributed by atoms with Gasteiger partial charge in [-0.2, -0.15) is 4.98 Å². The van der Waals surface area contributed by atoms with Crippen LogP contribution >= 0.6 is 0 Å². The molecule has 1 aromatic heterocycles. The molecular formula is C14H25N3O2. The van der Waals surface area contributed by atoms with E-state index >= 15 is 0 Å².